The number of rotatable bonds is 6. The molecular weight excluding hydrogens is 381 g/mol. The summed E-state index contributed by atoms with van der Waals surface area (Å²) in [5, 5.41) is 0. The first-order chi connectivity index (χ1) is 12.2. The van der Waals surface area contributed by atoms with Crippen LogP contribution in [0.3, 0.4) is 0 Å². The Hall–Kier alpha value is -1.24. The van der Waals surface area contributed by atoms with E-state index in [1.165, 1.54) is 7.11 Å². The first kappa shape index (κ1) is 19.5. The van der Waals surface area contributed by atoms with Gasteiger partial charge in [0.1, 0.15) is 18.3 Å². The van der Waals surface area contributed by atoms with Crippen LogP contribution in [0.2, 0.25) is 0 Å². The van der Waals surface area contributed by atoms with Crippen LogP contribution in [0.25, 0.3) is 0 Å². The Morgan fingerprint density at radius 1 is 1.19 bits per heavy atom. The Kier molecular flexibility index (Phi) is 5.56. The largest absolute Gasteiger partial charge is 0.523 e. The number of halogens is 3. The molecule has 0 aliphatic carbocycles. The minimum atomic E-state index is -5.82. The van der Waals surface area contributed by atoms with Gasteiger partial charge in [-0.25, -0.2) is 0 Å². The molecule has 2 saturated heterocycles. The van der Waals surface area contributed by atoms with Crippen LogP contribution in [-0.4, -0.2) is 58.3 Å². The van der Waals surface area contributed by atoms with E-state index in [2.05, 4.69) is 4.18 Å². The zero-order valence-electron chi connectivity index (χ0n) is 13.6. The van der Waals surface area contributed by atoms with Crippen LogP contribution in [0.1, 0.15) is 5.56 Å². The van der Waals surface area contributed by atoms with Gasteiger partial charge in [-0.3, -0.25) is 4.18 Å². The first-order valence-corrected chi connectivity index (χ1v) is 9.08. The number of hydrogen-bond donors (Lipinski definition) is 0. The number of fused-ring (bicyclic) bond motifs is 1. The van der Waals surface area contributed by atoms with Crippen molar-refractivity contribution in [3.05, 3.63) is 35.9 Å². The van der Waals surface area contributed by atoms with Crippen molar-refractivity contribution in [3.63, 3.8) is 0 Å². The SMILES string of the molecule is CO[C@@H]1O[C@H]2[C@H](OC[C@H]2OCc2ccccc2)[C@H]1OS(=O)(=O)C(F)(F)F. The van der Waals surface area contributed by atoms with Crippen LogP contribution in [-0.2, 0) is 39.9 Å². The minimum Gasteiger partial charge on any atom is -0.370 e. The van der Waals surface area contributed by atoms with Gasteiger partial charge in [0.05, 0.1) is 13.2 Å². The molecule has 0 N–H and O–H groups in total. The maximum Gasteiger partial charge on any atom is 0.523 e. The van der Waals surface area contributed by atoms with E-state index in [1.54, 1.807) is 0 Å². The highest BCUT2D eigenvalue weighted by Crippen LogP contribution is 2.38. The summed E-state index contributed by atoms with van der Waals surface area (Å²) in [5.74, 6) is 0. The Morgan fingerprint density at radius 3 is 2.50 bits per heavy atom. The van der Waals surface area contributed by atoms with Gasteiger partial charge in [-0.1, -0.05) is 30.3 Å². The number of ether oxygens (including phenoxy) is 4. The van der Waals surface area contributed by atoms with Gasteiger partial charge >= 0.3 is 15.6 Å². The minimum absolute atomic E-state index is 0.0323. The van der Waals surface area contributed by atoms with Crippen molar-refractivity contribution in [1.29, 1.82) is 0 Å². The molecule has 0 spiro atoms. The van der Waals surface area contributed by atoms with E-state index in [-0.39, 0.29) is 13.2 Å². The molecule has 2 aliphatic heterocycles. The molecule has 1 aromatic carbocycles. The fourth-order valence-electron chi connectivity index (χ4n) is 2.85. The Bertz CT molecular complexity index is 710. The fourth-order valence-corrected chi connectivity index (χ4v) is 3.45. The summed E-state index contributed by atoms with van der Waals surface area (Å²) >= 11 is 0. The lowest BCUT2D eigenvalue weighted by Gasteiger charge is -2.21. The van der Waals surface area contributed by atoms with Crippen LogP contribution >= 0.6 is 0 Å². The second-order valence-electron chi connectivity index (χ2n) is 5.80. The third-order valence-electron chi connectivity index (χ3n) is 4.09. The third-order valence-corrected chi connectivity index (χ3v) is 5.13. The molecule has 0 saturated carbocycles. The zero-order valence-corrected chi connectivity index (χ0v) is 14.4. The summed E-state index contributed by atoms with van der Waals surface area (Å²) < 4.78 is 86.2. The van der Waals surface area contributed by atoms with Crippen LogP contribution in [0.15, 0.2) is 30.3 Å². The van der Waals surface area contributed by atoms with E-state index < -0.39 is 46.3 Å². The van der Waals surface area contributed by atoms with Gasteiger partial charge in [0.25, 0.3) is 0 Å². The molecule has 11 heteroatoms. The summed E-state index contributed by atoms with van der Waals surface area (Å²) in [6.45, 7) is 0.274. The number of alkyl halides is 3. The lowest BCUT2D eigenvalue weighted by molar-refractivity contribution is -0.171. The molecule has 2 aliphatic rings. The predicted octanol–water partition coefficient (Wildman–Crippen LogP) is 1.58. The van der Waals surface area contributed by atoms with Crippen molar-refractivity contribution in [2.24, 2.45) is 0 Å². The summed E-state index contributed by atoms with van der Waals surface area (Å²) in [7, 11) is -4.65. The van der Waals surface area contributed by atoms with Crippen molar-refractivity contribution < 1.29 is 44.7 Å². The van der Waals surface area contributed by atoms with Crippen LogP contribution in [0, 0.1) is 0 Å². The van der Waals surface area contributed by atoms with Crippen LogP contribution in [0.5, 0.6) is 0 Å². The third kappa shape index (κ3) is 3.87. The summed E-state index contributed by atoms with van der Waals surface area (Å²) in [6, 6.07) is 9.23. The highest BCUT2D eigenvalue weighted by atomic mass is 32.2. The molecule has 0 bridgehead atoms. The smallest absolute Gasteiger partial charge is 0.370 e. The molecule has 5 atom stereocenters. The van der Waals surface area contributed by atoms with Crippen molar-refractivity contribution in [3.8, 4) is 0 Å². The zero-order chi connectivity index (χ0) is 18.9. The summed E-state index contributed by atoms with van der Waals surface area (Å²) in [5.41, 5.74) is -4.66. The molecule has 1 aromatic rings. The van der Waals surface area contributed by atoms with Crippen molar-refractivity contribution in [2.45, 2.75) is 42.8 Å². The molecule has 0 radical (unpaired) electrons. The monoisotopic (exact) mass is 398 g/mol. The lowest BCUT2D eigenvalue weighted by atomic mass is 10.1. The highest BCUT2D eigenvalue weighted by molar-refractivity contribution is 7.87. The summed E-state index contributed by atoms with van der Waals surface area (Å²) in [4.78, 5) is 0. The molecule has 2 fully saturated rings. The van der Waals surface area contributed by atoms with Gasteiger partial charge in [-0.15, -0.1) is 0 Å². The molecule has 2 heterocycles. The van der Waals surface area contributed by atoms with Gasteiger partial charge in [0.15, 0.2) is 12.4 Å². The van der Waals surface area contributed by atoms with Gasteiger partial charge in [-0.2, -0.15) is 21.6 Å². The predicted molar refractivity (Wildman–Crippen MR) is 80.3 cm³/mol. The Morgan fingerprint density at radius 2 is 1.88 bits per heavy atom. The molecule has 26 heavy (non-hydrogen) atoms. The Balaban J connectivity index is 1.68. The molecule has 0 unspecified atom stereocenters. The number of methoxy groups -OCH3 is 1. The maximum absolute atomic E-state index is 12.6. The van der Waals surface area contributed by atoms with Crippen molar-refractivity contribution in [2.75, 3.05) is 13.7 Å². The molecular formula is C15H17F3O7S. The second-order valence-corrected chi connectivity index (χ2v) is 7.36. The van der Waals surface area contributed by atoms with Gasteiger partial charge in [0, 0.05) is 7.11 Å². The topological polar surface area (TPSA) is 80.3 Å². The van der Waals surface area contributed by atoms with Crippen molar-refractivity contribution in [1.82, 2.24) is 0 Å². The van der Waals surface area contributed by atoms with Gasteiger partial charge in [0.2, 0.25) is 0 Å². The van der Waals surface area contributed by atoms with E-state index in [1.807, 2.05) is 30.3 Å². The van der Waals surface area contributed by atoms with E-state index >= 15 is 0 Å². The number of hydrogen-bond acceptors (Lipinski definition) is 7. The standard InChI is InChI=1S/C15H17F3O7S/c1-21-14-13(25-26(19,20)15(16,17)18)12-11(24-14)10(8-23-12)22-7-9-5-3-2-4-6-9/h2-6,10-14H,7-8H2,1H3/t10-,11-,12+,13-,14-/m1/s1. The average molecular weight is 398 g/mol. The van der Waals surface area contributed by atoms with Gasteiger partial charge < -0.3 is 18.9 Å². The molecule has 0 amide bonds. The van der Waals surface area contributed by atoms with Crippen LogP contribution < -0.4 is 0 Å². The normalized spacial score (nSPS) is 31.9. The highest BCUT2D eigenvalue weighted by Gasteiger charge is 2.59. The molecule has 7 nitrogen and oxygen atoms in total. The number of benzene rings is 1. The molecule has 0 aromatic heterocycles. The van der Waals surface area contributed by atoms with E-state index in [0.29, 0.717) is 0 Å². The second kappa shape index (κ2) is 7.41. The lowest BCUT2D eigenvalue weighted by Crippen LogP contribution is -2.41. The molecule has 3 rings (SSSR count). The average Bonchev–Trinajstić information content (AvgIpc) is 3.12. The first-order valence-electron chi connectivity index (χ1n) is 7.68. The van der Waals surface area contributed by atoms with Gasteiger partial charge in [-0.05, 0) is 5.56 Å². The fraction of sp³-hybridized carbons (Fsp3) is 0.600. The Labute approximate surface area is 148 Å². The van der Waals surface area contributed by atoms with Crippen LogP contribution in [0.4, 0.5) is 13.2 Å². The summed E-state index contributed by atoms with van der Waals surface area (Å²) in [6.07, 6.45) is -5.37. The van der Waals surface area contributed by atoms with E-state index in [9.17, 15) is 21.6 Å². The van der Waals surface area contributed by atoms with Crippen molar-refractivity contribution >= 4 is 10.1 Å². The van der Waals surface area contributed by atoms with E-state index in [0.717, 1.165) is 5.56 Å². The molecule has 146 valence electrons. The quantitative estimate of drug-likeness (QED) is 0.532. The maximum atomic E-state index is 12.6. The van der Waals surface area contributed by atoms with E-state index in [4.69, 9.17) is 18.9 Å².